The number of carbonyl (C=O) groups excluding carboxylic acids is 1. The van der Waals surface area contributed by atoms with Crippen molar-refractivity contribution in [3.8, 4) is 0 Å². The van der Waals surface area contributed by atoms with E-state index < -0.39 is 0 Å². The fraction of sp³-hybridized carbons (Fsp3) is 0.391. The van der Waals surface area contributed by atoms with Gasteiger partial charge in [0.25, 0.3) is 0 Å². The number of hydrogen-bond donors (Lipinski definition) is 2. The number of nitrogens with one attached hydrogen (secondary N) is 2. The van der Waals surface area contributed by atoms with Gasteiger partial charge in [0.05, 0.1) is 24.2 Å². The second kappa shape index (κ2) is 9.73. The van der Waals surface area contributed by atoms with Gasteiger partial charge < -0.3 is 19.9 Å². The molecule has 0 aliphatic carbocycles. The number of amides is 1. The number of aromatic nitrogens is 2. The van der Waals surface area contributed by atoms with Gasteiger partial charge in [0, 0.05) is 39.8 Å². The SMILES string of the molecule is COCc1ccc(CNC(=O)CN2CCCN(c3nc4ccccc4[nH]3)CC2)cc1. The van der Waals surface area contributed by atoms with E-state index in [9.17, 15) is 4.79 Å². The van der Waals surface area contributed by atoms with E-state index in [1.54, 1.807) is 7.11 Å². The molecule has 158 valence electrons. The highest BCUT2D eigenvalue weighted by Gasteiger charge is 2.19. The van der Waals surface area contributed by atoms with Crippen LogP contribution in [-0.2, 0) is 22.7 Å². The lowest BCUT2D eigenvalue weighted by atomic mass is 10.1. The Bertz CT molecular complexity index is 936. The molecule has 1 fully saturated rings. The number of fused-ring (bicyclic) bond motifs is 1. The van der Waals surface area contributed by atoms with E-state index in [1.807, 2.05) is 48.5 Å². The first-order chi connectivity index (χ1) is 14.7. The monoisotopic (exact) mass is 407 g/mol. The maximum Gasteiger partial charge on any atom is 0.234 e. The van der Waals surface area contributed by atoms with Crippen LogP contribution in [-0.4, -0.2) is 60.6 Å². The first-order valence-corrected chi connectivity index (χ1v) is 10.5. The van der Waals surface area contributed by atoms with Gasteiger partial charge in [-0.3, -0.25) is 9.69 Å². The number of rotatable bonds is 7. The number of imidazole rings is 1. The van der Waals surface area contributed by atoms with E-state index in [0.29, 0.717) is 19.7 Å². The van der Waals surface area contributed by atoms with Gasteiger partial charge >= 0.3 is 0 Å². The highest BCUT2D eigenvalue weighted by molar-refractivity contribution is 5.78. The van der Waals surface area contributed by atoms with Crippen molar-refractivity contribution in [2.45, 2.75) is 19.6 Å². The average molecular weight is 408 g/mol. The molecule has 1 amide bonds. The number of hydrogen-bond acceptors (Lipinski definition) is 5. The molecule has 0 spiro atoms. The molecular formula is C23H29N5O2. The standard InChI is InChI=1S/C23H29N5O2/c1-30-17-19-9-7-18(8-10-19)15-24-22(29)16-27-11-4-12-28(14-13-27)23-25-20-5-2-3-6-21(20)26-23/h2-3,5-10H,4,11-17H2,1H3,(H,24,29)(H,25,26). The van der Waals surface area contributed by atoms with E-state index in [1.165, 1.54) is 0 Å². The summed E-state index contributed by atoms with van der Waals surface area (Å²) in [5, 5.41) is 3.03. The van der Waals surface area contributed by atoms with Gasteiger partial charge in [-0.05, 0) is 29.7 Å². The zero-order valence-electron chi connectivity index (χ0n) is 17.4. The summed E-state index contributed by atoms with van der Waals surface area (Å²) < 4.78 is 5.13. The molecule has 0 atom stereocenters. The molecule has 1 saturated heterocycles. The van der Waals surface area contributed by atoms with Crippen molar-refractivity contribution in [2.24, 2.45) is 0 Å². The highest BCUT2D eigenvalue weighted by atomic mass is 16.5. The van der Waals surface area contributed by atoms with Crippen LogP contribution < -0.4 is 10.2 Å². The number of benzene rings is 2. The molecule has 0 unspecified atom stereocenters. The third kappa shape index (κ3) is 5.17. The van der Waals surface area contributed by atoms with Crippen molar-refractivity contribution in [2.75, 3.05) is 44.7 Å². The molecule has 3 aromatic rings. The van der Waals surface area contributed by atoms with Crippen LogP contribution in [0.25, 0.3) is 11.0 Å². The lowest BCUT2D eigenvalue weighted by Gasteiger charge is -2.21. The summed E-state index contributed by atoms with van der Waals surface area (Å²) in [6.07, 6.45) is 1.01. The average Bonchev–Trinajstić information content (AvgIpc) is 3.06. The van der Waals surface area contributed by atoms with Crippen LogP contribution in [0.2, 0.25) is 0 Å². The third-order valence-corrected chi connectivity index (χ3v) is 5.46. The Morgan fingerprint density at radius 2 is 1.87 bits per heavy atom. The molecule has 7 heteroatoms. The Labute approximate surface area is 177 Å². The highest BCUT2D eigenvalue weighted by Crippen LogP contribution is 2.18. The van der Waals surface area contributed by atoms with Gasteiger partial charge in [-0.25, -0.2) is 4.98 Å². The van der Waals surface area contributed by atoms with Gasteiger partial charge in [-0.15, -0.1) is 0 Å². The van der Waals surface area contributed by atoms with Gasteiger partial charge in [0.1, 0.15) is 0 Å². The molecule has 2 aromatic carbocycles. The third-order valence-electron chi connectivity index (χ3n) is 5.46. The first kappa shape index (κ1) is 20.4. The summed E-state index contributed by atoms with van der Waals surface area (Å²) in [6, 6.07) is 16.2. The normalized spacial score (nSPS) is 15.3. The van der Waals surface area contributed by atoms with Crippen LogP contribution in [0.4, 0.5) is 5.95 Å². The summed E-state index contributed by atoms with van der Waals surface area (Å²) in [7, 11) is 1.69. The largest absolute Gasteiger partial charge is 0.380 e. The zero-order chi connectivity index (χ0) is 20.8. The maximum atomic E-state index is 12.4. The number of anilines is 1. The van der Waals surface area contributed by atoms with E-state index >= 15 is 0 Å². The lowest BCUT2D eigenvalue weighted by molar-refractivity contribution is -0.122. The van der Waals surface area contributed by atoms with Crippen molar-refractivity contribution in [1.29, 1.82) is 0 Å². The minimum Gasteiger partial charge on any atom is -0.380 e. The summed E-state index contributed by atoms with van der Waals surface area (Å²) in [5.41, 5.74) is 4.27. The Hall–Kier alpha value is -2.90. The van der Waals surface area contributed by atoms with Crippen molar-refractivity contribution in [3.05, 3.63) is 59.7 Å². The van der Waals surface area contributed by atoms with E-state index in [2.05, 4.69) is 20.1 Å². The van der Waals surface area contributed by atoms with E-state index in [-0.39, 0.29) is 5.91 Å². The summed E-state index contributed by atoms with van der Waals surface area (Å²) >= 11 is 0. The van der Waals surface area contributed by atoms with Gasteiger partial charge in [0.2, 0.25) is 11.9 Å². The van der Waals surface area contributed by atoms with Crippen LogP contribution in [0.3, 0.4) is 0 Å². The van der Waals surface area contributed by atoms with Crippen molar-refractivity contribution in [1.82, 2.24) is 20.2 Å². The molecule has 1 aromatic heterocycles. The van der Waals surface area contributed by atoms with Crippen LogP contribution in [0, 0.1) is 0 Å². The number of nitrogens with zero attached hydrogens (tertiary/aromatic N) is 3. The minimum atomic E-state index is 0.0631. The molecule has 2 heterocycles. The van der Waals surface area contributed by atoms with Gasteiger partial charge in [-0.1, -0.05) is 36.4 Å². The van der Waals surface area contributed by atoms with Crippen molar-refractivity contribution < 1.29 is 9.53 Å². The number of aromatic amines is 1. The second-order valence-corrected chi connectivity index (χ2v) is 7.72. The molecule has 30 heavy (non-hydrogen) atoms. The van der Waals surface area contributed by atoms with Crippen LogP contribution in [0.5, 0.6) is 0 Å². The predicted molar refractivity (Wildman–Crippen MR) is 118 cm³/mol. The van der Waals surface area contributed by atoms with E-state index in [0.717, 1.165) is 60.7 Å². The Balaban J connectivity index is 1.25. The maximum absolute atomic E-state index is 12.4. The molecule has 7 nitrogen and oxygen atoms in total. The summed E-state index contributed by atoms with van der Waals surface area (Å²) in [5.74, 6) is 0.979. The molecule has 4 rings (SSSR count). The van der Waals surface area contributed by atoms with E-state index in [4.69, 9.17) is 9.72 Å². The topological polar surface area (TPSA) is 73.5 Å². The number of methoxy groups -OCH3 is 1. The minimum absolute atomic E-state index is 0.0631. The summed E-state index contributed by atoms with van der Waals surface area (Å²) in [6.45, 7) is 5.12. The summed E-state index contributed by atoms with van der Waals surface area (Å²) in [4.78, 5) is 25.0. The Morgan fingerprint density at radius 1 is 1.07 bits per heavy atom. The fourth-order valence-electron chi connectivity index (χ4n) is 3.81. The molecule has 0 bridgehead atoms. The van der Waals surface area contributed by atoms with Gasteiger partial charge in [0.15, 0.2) is 0 Å². The molecule has 0 saturated carbocycles. The van der Waals surface area contributed by atoms with Crippen molar-refractivity contribution in [3.63, 3.8) is 0 Å². The number of carbonyl (C=O) groups is 1. The van der Waals surface area contributed by atoms with Crippen LogP contribution in [0.1, 0.15) is 17.5 Å². The molecule has 0 radical (unpaired) electrons. The van der Waals surface area contributed by atoms with Gasteiger partial charge in [-0.2, -0.15) is 0 Å². The quantitative estimate of drug-likeness (QED) is 0.630. The number of para-hydroxylation sites is 2. The molecule has 1 aliphatic rings. The number of ether oxygens (including phenoxy) is 1. The smallest absolute Gasteiger partial charge is 0.234 e. The van der Waals surface area contributed by atoms with Crippen LogP contribution >= 0.6 is 0 Å². The number of H-pyrrole nitrogens is 1. The van der Waals surface area contributed by atoms with Crippen LogP contribution in [0.15, 0.2) is 48.5 Å². The predicted octanol–water partition coefficient (Wildman–Crippen LogP) is 2.54. The second-order valence-electron chi connectivity index (χ2n) is 7.72. The Morgan fingerprint density at radius 3 is 2.67 bits per heavy atom. The lowest BCUT2D eigenvalue weighted by Crippen LogP contribution is -2.39. The molecular weight excluding hydrogens is 378 g/mol. The first-order valence-electron chi connectivity index (χ1n) is 10.5. The molecule has 2 N–H and O–H groups in total. The molecule has 1 aliphatic heterocycles. The fourth-order valence-corrected chi connectivity index (χ4v) is 3.81. The Kier molecular flexibility index (Phi) is 6.61. The zero-order valence-corrected chi connectivity index (χ0v) is 17.4. The van der Waals surface area contributed by atoms with Crippen molar-refractivity contribution >= 4 is 22.9 Å².